The Balaban J connectivity index is 1.77. The number of aromatic nitrogens is 6. The summed E-state index contributed by atoms with van der Waals surface area (Å²) in [5.41, 5.74) is 0.744. The zero-order valence-electron chi connectivity index (χ0n) is 16.1. The highest BCUT2D eigenvalue weighted by atomic mass is 16.6. The van der Waals surface area contributed by atoms with Crippen molar-refractivity contribution in [3.05, 3.63) is 24.3 Å². The lowest BCUT2D eigenvalue weighted by Crippen LogP contribution is -2.33. The van der Waals surface area contributed by atoms with E-state index in [1.54, 1.807) is 6.92 Å². The number of aliphatic hydroxyl groups is 3. The molecule has 13 heteroatoms. The fraction of sp³-hybridized carbons (Fsp3) is 0.471. The van der Waals surface area contributed by atoms with Crippen molar-refractivity contribution in [2.45, 2.75) is 31.5 Å². The van der Waals surface area contributed by atoms with Crippen molar-refractivity contribution in [2.75, 3.05) is 20.3 Å². The molecule has 0 unspecified atom stereocenters. The van der Waals surface area contributed by atoms with Crippen molar-refractivity contribution in [3.8, 4) is 11.8 Å². The van der Waals surface area contributed by atoms with Gasteiger partial charge in [0.25, 0.3) is 5.95 Å². The molecule has 1 fully saturated rings. The summed E-state index contributed by atoms with van der Waals surface area (Å²) in [6, 6.07) is 0. The van der Waals surface area contributed by atoms with Gasteiger partial charge in [-0.1, -0.05) is 0 Å². The first-order valence-corrected chi connectivity index (χ1v) is 9.11. The lowest BCUT2D eigenvalue weighted by atomic mass is 10.1. The monoisotopic (exact) mass is 420 g/mol. The Hall–Kier alpha value is -3.13. The van der Waals surface area contributed by atoms with Crippen LogP contribution in [0, 0.1) is 0 Å². The minimum atomic E-state index is -1.32. The van der Waals surface area contributed by atoms with Crippen molar-refractivity contribution in [1.82, 2.24) is 29.3 Å². The predicted molar refractivity (Wildman–Crippen MR) is 98.0 cm³/mol. The van der Waals surface area contributed by atoms with E-state index in [9.17, 15) is 20.1 Å². The van der Waals surface area contributed by atoms with Crippen LogP contribution in [0.25, 0.3) is 17.1 Å². The third-order valence-electron chi connectivity index (χ3n) is 4.66. The molecule has 3 N–H and O–H groups in total. The number of carbonyl (C=O) groups excluding carboxylic acids is 1. The van der Waals surface area contributed by atoms with Gasteiger partial charge in [-0.25, -0.2) is 14.5 Å². The van der Waals surface area contributed by atoms with Crippen LogP contribution in [0.1, 0.15) is 23.5 Å². The van der Waals surface area contributed by atoms with Crippen molar-refractivity contribution in [3.63, 3.8) is 0 Å². The molecule has 0 radical (unpaired) electrons. The molecule has 0 saturated carbocycles. The van der Waals surface area contributed by atoms with Crippen molar-refractivity contribution >= 4 is 17.1 Å². The van der Waals surface area contributed by atoms with E-state index in [1.165, 1.54) is 35.1 Å². The molecule has 1 aliphatic rings. The van der Waals surface area contributed by atoms with E-state index in [0.717, 1.165) is 0 Å². The largest absolute Gasteiger partial charge is 0.479 e. The minimum absolute atomic E-state index is 0.0726. The zero-order chi connectivity index (χ0) is 21.4. The molecule has 0 aromatic carbocycles. The first-order chi connectivity index (χ1) is 14.5. The van der Waals surface area contributed by atoms with Crippen LogP contribution < -0.4 is 4.74 Å². The molecule has 0 aliphatic carbocycles. The van der Waals surface area contributed by atoms with E-state index in [0.29, 0.717) is 0 Å². The van der Waals surface area contributed by atoms with Gasteiger partial charge in [0.1, 0.15) is 18.3 Å². The van der Waals surface area contributed by atoms with Crippen molar-refractivity contribution in [2.24, 2.45) is 0 Å². The molecule has 1 saturated heterocycles. The number of hydrogen-bond acceptors (Lipinski definition) is 11. The molecule has 0 amide bonds. The summed E-state index contributed by atoms with van der Waals surface area (Å²) in [5.74, 6) is -0.328. The van der Waals surface area contributed by atoms with E-state index in [4.69, 9.17) is 14.2 Å². The van der Waals surface area contributed by atoms with Gasteiger partial charge in [-0.15, -0.1) is 0 Å². The quantitative estimate of drug-likeness (QED) is 0.410. The van der Waals surface area contributed by atoms with E-state index >= 15 is 0 Å². The van der Waals surface area contributed by atoms with E-state index < -0.39 is 37.1 Å². The second-order valence-corrected chi connectivity index (χ2v) is 6.48. The maximum absolute atomic E-state index is 11.9. The molecule has 4 atom stereocenters. The first-order valence-electron chi connectivity index (χ1n) is 9.11. The summed E-state index contributed by atoms with van der Waals surface area (Å²) >= 11 is 0. The maximum atomic E-state index is 11.9. The van der Waals surface area contributed by atoms with Crippen LogP contribution in [0.4, 0.5) is 0 Å². The topological polar surface area (TPSA) is 167 Å². The summed E-state index contributed by atoms with van der Waals surface area (Å²) in [7, 11) is 1.41. The third-order valence-corrected chi connectivity index (χ3v) is 4.66. The summed E-state index contributed by atoms with van der Waals surface area (Å²) in [6.07, 6.45) is -0.499. The van der Waals surface area contributed by atoms with Gasteiger partial charge in [0.15, 0.2) is 17.4 Å². The number of rotatable bonds is 6. The number of aliphatic hydroxyl groups excluding tert-OH is 3. The van der Waals surface area contributed by atoms with E-state index in [1.807, 2.05) is 0 Å². The molecule has 4 rings (SSSR count). The molecular weight excluding hydrogens is 400 g/mol. The number of ether oxygens (including phenoxy) is 3. The average Bonchev–Trinajstić information content (AvgIpc) is 3.46. The Morgan fingerprint density at radius 1 is 1.30 bits per heavy atom. The van der Waals surface area contributed by atoms with Gasteiger partial charge in [-0.2, -0.15) is 15.1 Å². The Labute approximate surface area is 169 Å². The Morgan fingerprint density at radius 2 is 2.10 bits per heavy atom. The van der Waals surface area contributed by atoms with Crippen molar-refractivity contribution in [1.29, 1.82) is 0 Å². The van der Waals surface area contributed by atoms with Gasteiger partial charge >= 0.3 is 5.97 Å². The van der Waals surface area contributed by atoms with Crippen LogP contribution in [0.3, 0.4) is 0 Å². The van der Waals surface area contributed by atoms with Gasteiger partial charge in [0.2, 0.25) is 5.88 Å². The average molecular weight is 420 g/mol. The van der Waals surface area contributed by atoms with Gasteiger partial charge < -0.3 is 29.5 Å². The lowest BCUT2D eigenvalue weighted by molar-refractivity contribution is -0.0511. The zero-order valence-corrected chi connectivity index (χ0v) is 16.1. The Kier molecular flexibility index (Phi) is 5.34. The van der Waals surface area contributed by atoms with Crippen LogP contribution in [0.15, 0.2) is 18.7 Å². The second kappa shape index (κ2) is 7.95. The molecule has 0 spiro atoms. The number of nitrogens with zero attached hydrogens (tertiary/aromatic N) is 6. The summed E-state index contributed by atoms with van der Waals surface area (Å²) < 4.78 is 18.5. The maximum Gasteiger partial charge on any atom is 0.341 e. The molecule has 3 aromatic heterocycles. The number of carbonyl (C=O) groups is 1. The van der Waals surface area contributed by atoms with Gasteiger partial charge in [0.05, 0.1) is 38.4 Å². The molecule has 1 aliphatic heterocycles. The highest BCUT2D eigenvalue weighted by Crippen LogP contribution is 2.33. The number of fused-ring (bicyclic) bond motifs is 1. The molecule has 3 aromatic rings. The van der Waals surface area contributed by atoms with Gasteiger partial charge in [-0.05, 0) is 6.92 Å². The normalized spacial score (nSPS) is 23.8. The van der Waals surface area contributed by atoms with Crippen LogP contribution >= 0.6 is 0 Å². The fourth-order valence-corrected chi connectivity index (χ4v) is 3.17. The molecule has 30 heavy (non-hydrogen) atoms. The molecule has 13 nitrogen and oxygen atoms in total. The SMILES string of the molecule is CCOC(=O)c1cnn(-c2nc(OC)c3ncn([C@@H]4O[C@H](CO)[C@@H](O)[C@H]4O)c3n2)c1. The smallest absolute Gasteiger partial charge is 0.341 e. The number of methoxy groups -OCH3 is 1. The molecular formula is C17H20N6O7. The van der Waals surface area contributed by atoms with E-state index in [2.05, 4.69) is 20.1 Å². The van der Waals surface area contributed by atoms with Crippen molar-refractivity contribution < 1.29 is 34.3 Å². The van der Waals surface area contributed by atoms with Crippen LogP contribution in [-0.4, -0.2) is 89.2 Å². The van der Waals surface area contributed by atoms with Crippen LogP contribution in [0.2, 0.25) is 0 Å². The van der Waals surface area contributed by atoms with Gasteiger partial charge in [-0.3, -0.25) is 4.57 Å². The number of imidazole rings is 1. The third kappa shape index (κ3) is 3.27. The lowest BCUT2D eigenvalue weighted by Gasteiger charge is -2.16. The highest BCUT2D eigenvalue weighted by Gasteiger charge is 2.44. The molecule has 160 valence electrons. The highest BCUT2D eigenvalue weighted by molar-refractivity contribution is 5.88. The summed E-state index contributed by atoms with van der Waals surface area (Å²) in [4.78, 5) is 24.8. The summed E-state index contributed by atoms with van der Waals surface area (Å²) in [5, 5.41) is 33.8. The standard InChI is InChI=1S/C17H20N6O7/c1-3-29-16(27)8-4-19-23(5-8)17-20-13-10(14(21-17)28-2)18-7-22(13)15-12(26)11(25)9(6-24)30-15/h4-5,7,9,11-12,15,24-26H,3,6H2,1-2H3/t9-,11-,12-,15-/m1/s1. The first kappa shape index (κ1) is 20.2. The van der Waals surface area contributed by atoms with Crippen LogP contribution in [-0.2, 0) is 9.47 Å². The Bertz CT molecular complexity index is 1070. The predicted octanol–water partition coefficient (Wildman–Crippen LogP) is -1.19. The van der Waals surface area contributed by atoms with E-state index in [-0.39, 0.29) is 35.2 Å². The number of hydrogen-bond donors (Lipinski definition) is 3. The second-order valence-electron chi connectivity index (χ2n) is 6.48. The molecule has 0 bridgehead atoms. The van der Waals surface area contributed by atoms with Crippen LogP contribution in [0.5, 0.6) is 5.88 Å². The summed E-state index contributed by atoms with van der Waals surface area (Å²) in [6.45, 7) is 1.46. The van der Waals surface area contributed by atoms with Gasteiger partial charge in [0, 0.05) is 6.20 Å². The number of esters is 1. The minimum Gasteiger partial charge on any atom is -0.479 e. The molecule has 4 heterocycles. The fourth-order valence-electron chi connectivity index (χ4n) is 3.17. The Morgan fingerprint density at radius 3 is 2.77 bits per heavy atom.